The summed E-state index contributed by atoms with van der Waals surface area (Å²) in [6.07, 6.45) is 2.08. The molecular formula is C17H15NO3. The molecule has 3 rings (SSSR count). The molecule has 3 aromatic rings. The van der Waals surface area contributed by atoms with Crippen molar-refractivity contribution in [1.82, 2.24) is 4.98 Å². The molecule has 0 unspecified atom stereocenters. The van der Waals surface area contributed by atoms with Crippen molar-refractivity contribution >= 4 is 16.9 Å². The molecule has 0 aliphatic heterocycles. The van der Waals surface area contributed by atoms with Gasteiger partial charge in [0.25, 0.3) is 0 Å². The van der Waals surface area contributed by atoms with E-state index in [0.717, 1.165) is 22.2 Å². The van der Waals surface area contributed by atoms with E-state index in [-0.39, 0.29) is 12.4 Å². The summed E-state index contributed by atoms with van der Waals surface area (Å²) in [6.45, 7) is 0. The number of benzene rings is 2. The SMILES string of the molecule is COc1ccc(OC(=O)Cc2c[nH]c3ccccc23)cc1. The monoisotopic (exact) mass is 281 g/mol. The number of methoxy groups -OCH3 is 1. The molecule has 1 N–H and O–H groups in total. The van der Waals surface area contributed by atoms with Crippen LogP contribution in [0.25, 0.3) is 10.9 Å². The van der Waals surface area contributed by atoms with Crippen LogP contribution >= 0.6 is 0 Å². The number of nitrogens with one attached hydrogen (secondary N) is 1. The first-order chi connectivity index (χ1) is 10.3. The highest BCUT2D eigenvalue weighted by atomic mass is 16.5. The molecule has 0 amide bonds. The van der Waals surface area contributed by atoms with Gasteiger partial charge in [0.1, 0.15) is 11.5 Å². The molecule has 0 fully saturated rings. The molecule has 0 saturated heterocycles. The molecule has 0 spiro atoms. The number of para-hydroxylation sites is 1. The summed E-state index contributed by atoms with van der Waals surface area (Å²) in [5, 5.41) is 1.05. The number of hydrogen-bond acceptors (Lipinski definition) is 3. The number of esters is 1. The predicted molar refractivity (Wildman–Crippen MR) is 80.6 cm³/mol. The van der Waals surface area contributed by atoms with Crippen LogP contribution in [0, 0.1) is 0 Å². The van der Waals surface area contributed by atoms with E-state index in [1.165, 1.54) is 0 Å². The van der Waals surface area contributed by atoms with Crippen molar-refractivity contribution in [2.45, 2.75) is 6.42 Å². The molecule has 0 bridgehead atoms. The normalized spacial score (nSPS) is 10.5. The van der Waals surface area contributed by atoms with Gasteiger partial charge in [-0.3, -0.25) is 4.79 Å². The summed E-state index contributed by atoms with van der Waals surface area (Å²) in [5.41, 5.74) is 1.95. The fourth-order valence-electron chi connectivity index (χ4n) is 2.24. The van der Waals surface area contributed by atoms with E-state index in [4.69, 9.17) is 9.47 Å². The molecule has 106 valence electrons. The van der Waals surface area contributed by atoms with Crippen LogP contribution < -0.4 is 9.47 Å². The zero-order valence-electron chi connectivity index (χ0n) is 11.6. The maximum atomic E-state index is 12.0. The predicted octanol–water partition coefficient (Wildman–Crippen LogP) is 3.32. The molecule has 0 saturated carbocycles. The average molecular weight is 281 g/mol. The minimum absolute atomic E-state index is 0.232. The van der Waals surface area contributed by atoms with E-state index in [1.807, 2.05) is 30.5 Å². The second-order valence-corrected chi connectivity index (χ2v) is 4.69. The third kappa shape index (κ3) is 2.89. The number of rotatable bonds is 4. The molecule has 21 heavy (non-hydrogen) atoms. The molecule has 0 aliphatic carbocycles. The fourth-order valence-corrected chi connectivity index (χ4v) is 2.24. The summed E-state index contributed by atoms with van der Waals surface area (Å²) < 4.78 is 10.4. The first-order valence-electron chi connectivity index (χ1n) is 6.66. The quantitative estimate of drug-likeness (QED) is 0.589. The third-order valence-corrected chi connectivity index (χ3v) is 3.30. The molecule has 2 aromatic carbocycles. The van der Waals surface area contributed by atoms with Crippen molar-refractivity contribution in [1.29, 1.82) is 0 Å². The van der Waals surface area contributed by atoms with Crippen molar-refractivity contribution in [2.24, 2.45) is 0 Å². The van der Waals surface area contributed by atoms with Crippen molar-refractivity contribution in [3.05, 3.63) is 60.3 Å². The molecule has 0 aliphatic rings. The lowest BCUT2D eigenvalue weighted by Gasteiger charge is -2.05. The minimum Gasteiger partial charge on any atom is -0.497 e. The van der Waals surface area contributed by atoms with Crippen LogP contribution in [0.1, 0.15) is 5.56 Å². The fraction of sp³-hybridized carbons (Fsp3) is 0.118. The van der Waals surface area contributed by atoms with Gasteiger partial charge < -0.3 is 14.5 Å². The standard InChI is InChI=1S/C17H15NO3/c1-20-13-6-8-14(9-7-13)21-17(19)10-12-11-18-16-5-3-2-4-15(12)16/h2-9,11,18H,10H2,1H3. The van der Waals surface area contributed by atoms with Crippen molar-refractivity contribution < 1.29 is 14.3 Å². The number of ether oxygens (including phenoxy) is 2. The zero-order valence-corrected chi connectivity index (χ0v) is 11.6. The van der Waals surface area contributed by atoms with Crippen LogP contribution in [-0.2, 0) is 11.2 Å². The van der Waals surface area contributed by atoms with E-state index in [1.54, 1.807) is 31.4 Å². The number of fused-ring (bicyclic) bond motifs is 1. The maximum absolute atomic E-state index is 12.0. The van der Waals surface area contributed by atoms with Crippen LogP contribution in [0.4, 0.5) is 0 Å². The average Bonchev–Trinajstić information content (AvgIpc) is 2.91. The van der Waals surface area contributed by atoms with Crippen LogP contribution in [0.15, 0.2) is 54.7 Å². The molecule has 4 heteroatoms. The Morgan fingerprint density at radius 1 is 1.05 bits per heavy atom. The highest BCUT2D eigenvalue weighted by Gasteiger charge is 2.10. The second kappa shape index (κ2) is 5.71. The maximum Gasteiger partial charge on any atom is 0.315 e. The first kappa shape index (κ1) is 13.2. The van der Waals surface area contributed by atoms with Gasteiger partial charge in [0.15, 0.2) is 0 Å². The molecule has 1 heterocycles. The molecule has 4 nitrogen and oxygen atoms in total. The Balaban J connectivity index is 1.71. The lowest BCUT2D eigenvalue weighted by molar-refractivity contribution is -0.133. The number of carbonyl (C=O) groups excluding carboxylic acids is 1. The van der Waals surface area contributed by atoms with Crippen LogP contribution in [-0.4, -0.2) is 18.1 Å². The van der Waals surface area contributed by atoms with Crippen LogP contribution in [0.2, 0.25) is 0 Å². The summed E-state index contributed by atoms with van der Waals surface area (Å²) in [5.74, 6) is 0.956. The summed E-state index contributed by atoms with van der Waals surface area (Å²) in [6, 6.07) is 14.8. The Labute approximate surface area is 122 Å². The van der Waals surface area contributed by atoms with E-state index < -0.39 is 0 Å². The lowest BCUT2D eigenvalue weighted by atomic mass is 10.1. The summed E-state index contributed by atoms with van der Waals surface area (Å²) in [7, 11) is 1.60. The third-order valence-electron chi connectivity index (χ3n) is 3.30. The van der Waals surface area contributed by atoms with Gasteiger partial charge in [0.2, 0.25) is 0 Å². The van der Waals surface area contributed by atoms with Gasteiger partial charge in [-0.15, -0.1) is 0 Å². The molecule has 1 aromatic heterocycles. The van der Waals surface area contributed by atoms with Gasteiger partial charge in [0, 0.05) is 17.1 Å². The van der Waals surface area contributed by atoms with Crippen molar-refractivity contribution in [2.75, 3.05) is 7.11 Å². The number of carbonyl (C=O) groups is 1. The topological polar surface area (TPSA) is 51.3 Å². The minimum atomic E-state index is -0.287. The van der Waals surface area contributed by atoms with Gasteiger partial charge >= 0.3 is 5.97 Å². The Kier molecular flexibility index (Phi) is 3.60. The Hall–Kier alpha value is -2.75. The van der Waals surface area contributed by atoms with Crippen LogP contribution in [0.3, 0.4) is 0 Å². The number of hydrogen-bond donors (Lipinski definition) is 1. The summed E-state index contributed by atoms with van der Waals surface area (Å²) >= 11 is 0. The van der Waals surface area contributed by atoms with Crippen LogP contribution in [0.5, 0.6) is 11.5 Å². The summed E-state index contributed by atoms with van der Waals surface area (Å²) in [4.78, 5) is 15.2. The van der Waals surface area contributed by atoms with Crippen molar-refractivity contribution in [3.63, 3.8) is 0 Å². The Bertz CT molecular complexity index is 759. The number of H-pyrrole nitrogens is 1. The Morgan fingerprint density at radius 2 is 1.76 bits per heavy atom. The van der Waals surface area contributed by atoms with Gasteiger partial charge in [0.05, 0.1) is 13.5 Å². The smallest absolute Gasteiger partial charge is 0.315 e. The van der Waals surface area contributed by atoms with Gasteiger partial charge in [-0.05, 0) is 35.9 Å². The van der Waals surface area contributed by atoms with Crippen molar-refractivity contribution in [3.8, 4) is 11.5 Å². The number of aromatic nitrogens is 1. The zero-order chi connectivity index (χ0) is 14.7. The van der Waals surface area contributed by atoms with Gasteiger partial charge in [-0.25, -0.2) is 0 Å². The van der Waals surface area contributed by atoms with E-state index in [2.05, 4.69) is 4.98 Å². The molecule has 0 radical (unpaired) electrons. The van der Waals surface area contributed by atoms with E-state index in [9.17, 15) is 4.79 Å². The first-order valence-corrected chi connectivity index (χ1v) is 6.66. The van der Waals surface area contributed by atoms with E-state index in [0.29, 0.717) is 5.75 Å². The molecular weight excluding hydrogens is 266 g/mol. The highest BCUT2D eigenvalue weighted by molar-refractivity contribution is 5.87. The lowest BCUT2D eigenvalue weighted by Crippen LogP contribution is -2.10. The number of aromatic amines is 1. The van der Waals surface area contributed by atoms with Gasteiger partial charge in [-0.2, -0.15) is 0 Å². The van der Waals surface area contributed by atoms with Gasteiger partial charge in [-0.1, -0.05) is 18.2 Å². The Morgan fingerprint density at radius 3 is 2.52 bits per heavy atom. The van der Waals surface area contributed by atoms with E-state index >= 15 is 0 Å². The second-order valence-electron chi connectivity index (χ2n) is 4.69. The highest BCUT2D eigenvalue weighted by Crippen LogP contribution is 2.20. The molecule has 0 atom stereocenters. The largest absolute Gasteiger partial charge is 0.497 e.